The minimum absolute atomic E-state index is 0.0314. The minimum Gasteiger partial charge on any atom is -0.496 e. The SMILES string of the molecule is C=CC(N)CCCc1cc(Cl)c(F)c(-c2cc3cn(-c4ccc(C(CCC)NCCCN=C(C)N)c(OC)c4)c(=O)nc3[nH]2)c1. The number of nitrogens with one attached hydrogen (secondary N) is 2. The number of methoxy groups -OCH3 is 1. The van der Waals surface area contributed by atoms with Crippen LogP contribution in [0.4, 0.5) is 4.39 Å². The van der Waals surface area contributed by atoms with Crippen LogP contribution >= 0.6 is 11.6 Å². The number of aliphatic imine (C=N–C) groups is 1. The molecule has 6 N–H and O–H groups in total. The van der Waals surface area contributed by atoms with Crippen LogP contribution in [0, 0.1) is 5.82 Å². The van der Waals surface area contributed by atoms with Gasteiger partial charge in [0.2, 0.25) is 0 Å². The van der Waals surface area contributed by atoms with Gasteiger partial charge in [0.1, 0.15) is 11.4 Å². The van der Waals surface area contributed by atoms with Crippen molar-refractivity contribution < 1.29 is 9.13 Å². The van der Waals surface area contributed by atoms with Crippen LogP contribution in [0.3, 0.4) is 0 Å². The van der Waals surface area contributed by atoms with E-state index in [-0.39, 0.29) is 17.1 Å². The van der Waals surface area contributed by atoms with Crippen molar-refractivity contribution in [1.82, 2.24) is 19.9 Å². The summed E-state index contributed by atoms with van der Waals surface area (Å²) in [5, 5.41) is 4.28. The fourth-order valence-corrected chi connectivity index (χ4v) is 5.62. The second kappa shape index (κ2) is 15.8. The first-order chi connectivity index (χ1) is 21.6. The molecular weight excluding hydrogens is 593 g/mol. The molecule has 0 spiro atoms. The van der Waals surface area contributed by atoms with Gasteiger partial charge in [-0.1, -0.05) is 37.1 Å². The molecule has 11 heteroatoms. The zero-order valence-corrected chi connectivity index (χ0v) is 27.0. The number of ether oxygens (including phenoxy) is 1. The van der Waals surface area contributed by atoms with Crippen molar-refractivity contribution in [3.05, 3.63) is 87.7 Å². The summed E-state index contributed by atoms with van der Waals surface area (Å²) in [5.74, 6) is 0.708. The first-order valence-electron chi connectivity index (χ1n) is 15.3. The fraction of sp³-hybridized carbons (Fsp3) is 0.382. The number of aromatic amines is 1. The molecule has 2 unspecified atom stereocenters. The lowest BCUT2D eigenvalue weighted by molar-refractivity contribution is 0.393. The molecule has 45 heavy (non-hydrogen) atoms. The first-order valence-corrected chi connectivity index (χ1v) is 15.7. The van der Waals surface area contributed by atoms with Gasteiger partial charge in [-0.25, -0.2) is 9.18 Å². The highest BCUT2D eigenvalue weighted by molar-refractivity contribution is 6.31. The highest BCUT2D eigenvalue weighted by atomic mass is 35.5. The van der Waals surface area contributed by atoms with Crippen molar-refractivity contribution in [2.75, 3.05) is 20.2 Å². The van der Waals surface area contributed by atoms with Gasteiger partial charge in [-0.2, -0.15) is 4.98 Å². The van der Waals surface area contributed by atoms with Gasteiger partial charge in [0.05, 0.1) is 29.3 Å². The number of halogens is 2. The Balaban J connectivity index is 1.62. The molecule has 2 aromatic carbocycles. The fourth-order valence-electron chi connectivity index (χ4n) is 5.37. The first kappa shape index (κ1) is 33.9. The van der Waals surface area contributed by atoms with Crippen LogP contribution in [0.5, 0.6) is 5.75 Å². The van der Waals surface area contributed by atoms with Crippen LogP contribution in [-0.2, 0) is 6.42 Å². The molecule has 0 radical (unpaired) electrons. The Bertz CT molecular complexity index is 1710. The number of fused-ring (bicyclic) bond motifs is 1. The molecule has 0 fully saturated rings. The van der Waals surface area contributed by atoms with E-state index < -0.39 is 11.5 Å². The maximum Gasteiger partial charge on any atom is 0.354 e. The molecule has 4 rings (SSSR count). The number of hydrogen-bond acceptors (Lipinski definition) is 6. The third-order valence-electron chi connectivity index (χ3n) is 7.73. The van der Waals surface area contributed by atoms with Crippen molar-refractivity contribution in [1.29, 1.82) is 0 Å². The molecular formula is C34H43ClFN7O2. The predicted octanol–water partition coefficient (Wildman–Crippen LogP) is 6.22. The van der Waals surface area contributed by atoms with Gasteiger partial charge in [0.15, 0.2) is 5.82 Å². The minimum atomic E-state index is -0.539. The molecule has 2 heterocycles. The van der Waals surface area contributed by atoms with Crippen molar-refractivity contribution >= 4 is 28.5 Å². The van der Waals surface area contributed by atoms with E-state index in [1.807, 2.05) is 18.2 Å². The summed E-state index contributed by atoms with van der Waals surface area (Å²) in [4.78, 5) is 24.8. The maximum atomic E-state index is 15.2. The van der Waals surface area contributed by atoms with E-state index in [1.54, 1.807) is 44.5 Å². The van der Waals surface area contributed by atoms with Gasteiger partial charge in [-0.05, 0) is 75.4 Å². The van der Waals surface area contributed by atoms with Gasteiger partial charge in [0, 0.05) is 47.4 Å². The number of aromatic nitrogens is 3. The Morgan fingerprint density at radius 1 is 1.27 bits per heavy atom. The highest BCUT2D eigenvalue weighted by Gasteiger charge is 2.18. The van der Waals surface area contributed by atoms with Crippen LogP contribution < -0.4 is 27.2 Å². The quantitative estimate of drug-likeness (QED) is 0.0500. The molecule has 0 saturated heterocycles. The zero-order valence-electron chi connectivity index (χ0n) is 26.2. The van der Waals surface area contributed by atoms with Crippen molar-refractivity contribution in [2.45, 2.75) is 64.5 Å². The third kappa shape index (κ3) is 8.59. The largest absolute Gasteiger partial charge is 0.496 e. The van der Waals surface area contributed by atoms with E-state index in [4.69, 9.17) is 27.8 Å². The summed E-state index contributed by atoms with van der Waals surface area (Å²) in [7, 11) is 1.62. The summed E-state index contributed by atoms with van der Waals surface area (Å²) in [6, 6.07) is 10.9. The van der Waals surface area contributed by atoms with Gasteiger partial charge < -0.3 is 26.5 Å². The Kier molecular flexibility index (Phi) is 11.9. The molecule has 0 bridgehead atoms. The lowest BCUT2D eigenvalue weighted by Crippen LogP contribution is -2.24. The van der Waals surface area contributed by atoms with Crippen LogP contribution in [0.15, 0.2) is 65.0 Å². The van der Waals surface area contributed by atoms with Crippen LogP contribution in [0.2, 0.25) is 5.02 Å². The molecule has 0 saturated carbocycles. The number of rotatable bonds is 16. The number of nitrogens with zero attached hydrogens (tertiary/aromatic N) is 3. The summed E-state index contributed by atoms with van der Waals surface area (Å²) >= 11 is 6.28. The Hall–Kier alpha value is -3.99. The molecule has 0 aliphatic heterocycles. The topological polar surface area (TPSA) is 136 Å². The van der Waals surface area contributed by atoms with Gasteiger partial charge in [0.25, 0.3) is 0 Å². The van der Waals surface area contributed by atoms with Crippen LogP contribution in [0.1, 0.15) is 63.1 Å². The molecule has 2 atom stereocenters. The van der Waals surface area contributed by atoms with Crippen molar-refractivity contribution in [2.24, 2.45) is 16.5 Å². The Morgan fingerprint density at radius 2 is 2.07 bits per heavy atom. The lowest BCUT2D eigenvalue weighted by atomic mass is 10.0. The molecule has 0 aliphatic rings. The average molecular weight is 636 g/mol. The maximum absolute atomic E-state index is 15.2. The average Bonchev–Trinajstić information content (AvgIpc) is 3.43. The van der Waals surface area contributed by atoms with Crippen molar-refractivity contribution in [3.63, 3.8) is 0 Å². The number of H-pyrrole nitrogens is 1. The summed E-state index contributed by atoms with van der Waals surface area (Å²) < 4.78 is 22.5. The number of benzene rings is 2. The van der Waals surface area contributed by atoms with E-state index in [0.717, 1.165) is 49.8 Å². The van der Waals surface area contributed by atoms with E-state index >= 15 is 4.39 Å². The van der Waals surface area contributed by atoms with Gasteiger partial charge >= 0.3 is 5.69 Å². The highest BCUT2D eigenvalue weighted by Crippen LogP contribution is 2.33. The molecule has 2 aromatic heterocycles. The van der Waals surface area contributed by atoms with Gasteiger partial charge in [-0.3, -0.25) is 9.56 Å². The summed E-state index contributed by atoms with van der Waals surface area (Å²) in [6.45, 7) is 9.09. The summed E-state index contributed by atoms with van der Waals surface area (Å²) in [6.07, 6.45) is 8.43. The van der Waals surface area contributed by atoms with Gasteiger partial charge in [-0.15, -0.1) is 6.58 Å². The van der Waals surface area contributed by atoms with Crippen molar-refractivity contribution in [3.8, 4) is 22.7 Å². The lowest BCUT2D eigenvalue weighted by Gasteiger charge is -2.22. The Labute approximate surface area is 268 Å². The standard InChI is InChI=1S/C34H43ClFN7O2/c1-5-9-29(40-15-8-14-39-21(3)37)26-13-12-25(19-31(26)45-4)43-20-23-18-30(41-33(23)42-34(43)44)27-16-22(17-28(35)32(27)36)10-7-11-24(38)6-2/h6,12-13,16-20,24,29,40H,2,5,7-11,14-15,38H2,1,3-4H3,(H2,37,39)(H,41,42,44). The smallest absolute Gasteiger partial charge is 0.354 e. The second-order valence-electron chi connectivity index (χ2n) is 11.2. The zero-order chi connectivity index (χ0) is 32.5. The van der Waals surface area contributed by atoms with E-state index in [1.165, 1.54) is 4.57 Å². The molecule has 240 valence electrons. The second-order valence-corrected chi connectivity index (χ2v) is 11.6. The monoisotopic (exact) mass is 635 g/mol. The number of hydrogen-bond donors (Lipinski definition) is 4. The molecule has 9 nitrogen and oxygen atoms in total. The van der Waals surface area contributed by atoms with Crippen LogP contribution in [0.25, 0.3) is 28.0 Å². The van der Waals surface area contributed by atoms with E-state index in [2.05, 4.69) is 33.8 Å². The van der Waals surface area contributed by atoms with E-state index in [9.17, 15) is 4.79 Å². The van der Waals surface area contributed by atoms with Crippen LogP contribution in [-0.4, -0.2) is 46.6 Å². The molecule has 4 aromatic rings. The molecule has 0 aliphatic carbocycles. The third-order valence-corrected chi connectivity index (χ3v) is 8.00. The number of nitrogens with two attached hydrogens (primary N) is 2. The predicted molar refractivity (Wildman–Crippen MR) is 182 cm³/mol. The number of aryl methyl sites for hydroxylation is 1. The van der Waals surface area contributed by atoms with E-state index in [0.29, 0.717) is 52.5 Å². The molecule has 0 amide bonds. The normalized spacial score (nSPS) is 13.2. The number of amidine groups is 1. The Morgan fingerprint density at radius 3 is 2.78 bits per heavy atom. The summed E-state index contributed by atoms with van der Waals surface area (Å²) in [5.41, 5.74) is 14.8.